The van der Waals surface area contributed by atoms with Crippen LogP contribution in [0.4, 0.5) is 0 Å². The van der Waals surface area contributed by atoms with Crippen molar-refractivity contribution in [2.75, 3.05) is 14.2 Å². The number of methoxy groups -OCH3 is 2. The van der Waals surface area contributed by atoms with Crippen LogP contribution >= 0.6 is 0 Å². The summed E-state index contributed by atoms with van der Waals surface area (Å²) in [4.78, 5) is 17.9. The number of hydrogen-bond donors (Lipinski definition) is 2. The fourth-order valence-electron chi connectivity index (χ4n) is 5.71. The van der Waals surface area contributed by atoms with E-state index in [1.165, 1.54) is 0 Å². The van der Waals surface area contributed by atoms with Crippen LogP contribution in [0.5, 0.6) is 17.2 Å². The largest absolute Gasteiger partial charge is 0.506 e. The van der Waals surface area contributed by atoms with E-state index in [0.717, 1.165) is 43.4 Å². The molecule has 0 aliphatic heterocycles. The van der Waals surface area contributed by atoms with Gasteiger partial charge >= 0.3 is 0 Å². The van der Waals surface area contributed by atoms with Crippen molar-refractivity contribution in [3.05, 3.63) is 47.8 Å². The number of amides is 1. The summed E-state index contributed by atoms with van der Waals surface area (Å²) in [6.45, 7) is 0. The summed E-state index contributed by atoms with van der Waals surface area (Å²) in [6, 6.07) is 10.7. The first-order valence-electron chi connectivity index (χ1n) is 10.6. The second-order valence-electron chi connectivity index (χ2n) is 8.96. The van der Waals surface area contributed by atoms with Gasteiger partial charge in [-0.1, -0.05) is 12.5 Å². The highest BCUT2D eigenvalue weighted by atomic mass is 16.5. The molecule has 1 amide bonds. The number of fused-ring (bicyclic) bond motifs is 3. The van der Waals surface area contributed by atoms with Crippen molar-refractivity contribution in [1.29, 1.82) is 0 Å². The fourth-order valence-corrected chi connectivity index (χ4v) is 5.71. The number of nitrogens with one attached hydrogen (secondary N) is 1. The Morgan fingerprint density at radius 3 is 2.48 bits per heavy atom. The van der Waals surface area contributed by atoms with Crippen molar-refractivity contribution in [3.63, 3.8) is 0 Å². The van der Waals surface area contributed by atoms with Gasteiger partial charge in [-0.25, -0.2) is 4.98 Å². The number of phenolic OH excluding ortho intramolecular Hbond substituents is 1. The molecule has 3 aromatic rings. The number of aryl methyl sites for hydroxylation is 1. The molecule has 1 heterocycles. The number of benzene rings is 2. The Morgan fingerprint density at radius 1 is 1.13 bits per heavy atom. The van der Waals surface area contributed by atoms with Gasteiger partial charge in [0, 0.05) is 29.6 Å². The molecule has 3 aliphatic carbocycles. The molecule has 1 aromatic heterocycles. The summed E-state index contributed by atoms with van der Waals surface area (Å²) < 4.78 is 12.7. The fraction of sp³-hybridized carbons (Fsp3) is 0.417. The summed E-state index contributed by atoms with van der Waals surface area (Å²) in [5, 5.41) is 13.5. The molecule has 0 atom stereocenters. The van der Waals surface area contributed by atoms with E-state index in [1.54, 1.807) is 38.5 Å². The molecular formula is C24H27N3O4. The Morgan fingerprint density at radius 2 is 1.84 bits per heavy atom. The molecule has 162 valence electrons. The average Bonchev–Trinajstić information content (AvgIpc) is 3.11. The van der Waals surface area contributed by atoms with E-state index in [2.05, 4.69) is 9.88 Å². The summed E-state index contributed by atoms with van der Waals surface area (Å²) >= 11 is 0. The van der Waals surface area contributed by atoms with Gasteiger partial charge in [0.1, 0.15) is 28.6 Å². The van der Waals surface area contributed by atoms with Gasteiger partial charge < -0.3 is 24.5 Å². The molecule has 0 spiro atoms. The van der Waals surface area contributed by atoms with Gasteiger partial charge in [0.25, 0.3) is 5.91 Å². The third-order valence-electron chi connectivity index (χ3n) is 7.02. The number of carbonyl (C=O) groups is 1. The van der Waals surface area contributed by atoms with Crippen LogP contribution < -0.4 is 14.8 Å². The predicted molar refractivity (Wildman–Crippen MR) is 117 cm³/mol. The first-order chi connectivity index (χ1) is 14.9. The molecule has 7 heteroatoms. The third kappa shape index (κ3) is 3.02. The molecule has 3 saturated carbocycles. The number of rotatable bonds is 5. The minimum atomic E-state index is -0.230. The zero-order chi connectivity index (χ0) is 21.8. The first kappa shape index (κ1) is 19.7. The lowest BCUT2D eigenvalue weighted by molar-refractivity contribution is 0.00350. The molecule has 7 nitrogen and oxygen atoms in total. The number of aromatic hydroxyl groups is 1. The van der Waals surface area contributed by atoms with E-state index in [4.69, 9.17) is 14.5 Å². The second-order valence-corrected chi connectivity index (χ2v) is 8.96. The lowest BCUT2D eigenvalue weighted by atomic mass is 9.49. The highest BCUT2D eigenvalue weighted by Gasteiger charge is 2.60. The second kappa shape index (κ2) is 6.90. The monoisotopic (exact) mass is 421 g/mol. The van der Waals surface area contributed by atoms with Gasteiger partial charge in [-0.05, 0) is 49.9 Å². The maximum Gasteiger partial charge on any atom is 0.251 e. The van der Waals surface area contributed by atoms with Crippen molar-refractivity contribution in [2.24, 2.45) is 7.05 Å². The van der Waals surface area contributed by atoms with Gasteiger partial charge in [0.05, 0.1) is 19.7 Å². The Labute approximate surface area is 181 Å². The van der Waals surface area contributed by atoms with Crippen molar-refractivity contribution < 1.29 is 19.4 Å². The minimum absolute atomic E-state index is 0.0716. The van der Waals surface area contributed by atoms with E-state index < -0.39 is 0 Å². The van der Waals surface area contributed by atoms with Crippen molar-refractivity contribution in [2.45, 2.75) is 43.1 Å². The van der Waals surface area contributed by atoms with Gasteiger partial charge in [0.2, 0.25) is 0 Å². The Bertz CT molecular complexity index is 1150. The SMILES string of the molecule is COc1cc(OC)cc(C(=O)NC23CCCC(c4nc5c(O)cccc5n4C)(C2)C3)c1. The van der Waals surface area contributed by atoms with E-state index >= 15 is 0 Å². The maximum atomic E-state index is 13.1. The first-order valence-corrected chi connectivity index (χ1v) is 10.6. The zero-order valence-electron chi connectivity index (χ0n) is 18.1. The normalized spacial score (nSPS) is 24.5. The molecule has 2 aromatic carbocycles. The van der Waals surface area contributed by atoms with E-state index in [9.17, 15) is 9.90 Å². The predicted octanol–water partition coefficient (Wildman–Crippen LogP) is 3.68. The van der Waals surface area contributed by atoms with Gasteiger partial charge in [-0.3, -0.25) is 4.79 Å². The maximum absolute atomic E-state index is 13.1. The standard InChI is InChI=1S/C24H27N3O4/c1-27-18-6-4-7-19(28)20(18)25-22(27)23-8-5-9-24(13-23,14-23)26-21(29)15-10-16(30-2)12-17(11-15)31-3/h4,6-7,10-12,28H,5,8-9,13-14H2,1-3H3,(H,26,29). The van der Waals surface area contributed by atoms with Crippen LogP contribution in [0.1, 0.15) is 48.3 Å². The number of imidazole rings is 1. The van der Waals surface area contributed by atoms with E-state index in [-0.39, 0.29) is 22.6 Å². The third-order valence-corrected chi connectivity index (χ3v) is 7.02. The number of phenols is 1. The molecular weight excluding hydrogens is 394 g/mol. The molecule has 3 fully saturated rings. The van der Waals surface area contributed by atoms with Crippen LogP contribution in [-0.4, -0.2) is 40.3 Å². The molecule has 0 saturated heterocycles. The Kier molecular flexibility index (Phi) is 4.39. The topological polar surface area (TPSA) is 85.6 Å². The van der Waals surface area contributed by atoms with Gasteiger partial charge in [0.15, 0.2) is 0 Å². The molecule has 6 rings (SSSR count). The number of ether oxygens (including phenoxy) is 2. The molecule has 31 heavy (non-hydrogen) atoms. The van der Waals surface area contributed by atoms with Crippen molar-refractivity contribution in [1.82, 2.24) is 14.9 Å². The van der Waals surface area contributed by atoms with Gasteiger partial charge in [-0.15, -0.1) is 0 Å². The molecule has 2 bridgehead atoms. The minimum Gasteiger partial charge on any atom is -0.506 e. The van der Waals surface area contributed by atoms with Crippen LogP contribution in [0.2, 0.25) is 0 Å². The molecule has 0 unspecified atom stereocenters. The van der Waals surface area contributed by atoms with Gasteiger partial charge in [-0.2, -0.15) is 0 Å². The summed E-state index contributed by atoms with van der Waals surface area (Å²) in [7, 11) is 5.16. The quantitative estimate of drug-likeness (QED) is 0.656. The van der Waals surface area contributed by atoms with Crippen LogP contribution in [0.25, 0.3) is 11.0 Å². The summed E-state index contributed by atoms with van der Waals surface area (Å²) in [5.74, 6) is 2.27. The zero-order valence-corrected chi connectivity index (χ0v) is 18.1. The molecule has 3 aliphatic rings. The smallest absolute Gasteiger partial charge is 0.251 e. The number of para-hydroxylation sites is 1. The van der Waals surface area contributed by atoms with E-state index in [0.29, 0.717) is 22.6 Å². The summed E-state index contributed by atoms with van der Waals surface area (Å²) in [5.41, 5.74) is 1.80. The molecule has 0 radical (unpaired) electrons. The lowest BCUT2D eigenvalue weighted by Crippen LogP contribution is -2.66. The number of nitrogens with zero attached hydrogens (tertiary/aromatic N) is 2. The number of carbonyl (C=O) groups excluding carboxylic acids is 1. The van der Waals surface area contributed by atoms with E-state index in [1.807, 2.05) is 19.2 Å². The number of hydrogen-bond acceptors (Lipinski definition) is 5. The van der Waals surface area contributed by atoms with Crippen molar-refractivity contribution >= 4 is 16.9 Å². The Hall–Kier alpha value is -3.22. The van der Waals surface area contributed by atoms with Crippen LogP contribution in [0.3, 0.4) is 0 Å². The van der Waals surface area contributed by atoms with Crippen LogP contribution in [0.15, 0.2) is 36.4 Å². The van der Waals surface area contributed by atoms with Crippen LogP contribution in [-0.2, 0) is 12.5 Å². The Balaban J connectivity index is 1.41. The average molecular weight is 421 g/mol. The molecule has 2 N–H and O–H groups in total. The van der Waals surface area contributed by atoms with Crippen LogP contribution in [0, 0.1) is 0 Å². The number of aromatic nitrogens is 2. The highest BCUT2D eigenvalue weighted by Crippen LogP contribution is 2.59. The highest BCUT2D eigenvalue weighted by molar-refractivity contribution is 5.95. The van der Waals surface area contributed by atoms with Crippen molar-refractivity contribution in [3.8, 4) is 17.2 Å². The summed E-state index contributed by atoms with van der Waals surface area (Å²) in [6.07, 6.45) is 4.72. The lowest BCUT2D eigenvalue weighted by Gasteiger charge is -2.60.